The summed E-state index contributed by atoms with van der Waals surface area (Å²) in [5, 5.41) is 5.35. The first-order valence-corrected chi connectivity index (χ1v) is 9.02. The van der Waals surface area contributed by atoms with Crippen molar-refractivity contribution in [1.82, 2.24) is 14.6 Å². The molecule has 0 saturated heterocycles. The van der Waals surface area contributed by atoms with Gasteiger partial charge < -0.3 is 5.32 Å². The molecule has 8 heteroatoms. The topological polar surface area (TPSA) is 91.4 Å². The lowest BCUT2D eigenvalue weighted by molar-refractivity contribution is 0.251. The van der Waals surface area contributed by atoms with Crippen LogP contribution in [0.4, 0.5) is 10.6 Å². The first kappa shape index (κ1) is 18.4. The van der Waals surface area contributed by atoms with Crippen molar-refractivity contribution in [2.75, 3.05) is 31.2 Å². The maximum atomic E-state index is 11.8. The fourth-order valence-electron chi connectivity index (χ4n) is 2.08. The molecule has 0 fully saturated rings. The minimum Gasteiger partial charge on any atom is -0.338 e. The van der Waals surface area contributed by atoms with Gasteiger partial charge in [-0.2, -0.15) is 0 Å². The van der Waals surface area contributed by atoms with Crippen molar-refractivity contribution in [1.29, 1.82) is 0 Å². The normalized spacial score (nSPS) is 11.5. The summed E-state index contributed by atoms with van der Waals surface area (Å²) in [6, 6.07) is 3.36. The second kappa shape index (κ2) is 8.09. The highest BCUT2D eigenvalue weighted by Crippen LogP contribution is 2.08. The van der Waals surface area contributed by atoms with Crippen molar-refractivity contribution in [3.8, 4) is 0 Å². The highest BCUT2D eigenvalue weighted by molar-refractivity contribution is 7.88. The van der Waals surface area contributed by atoms with E-state index in [9.17, 15) is 13.2 Å². The average Bonchev–Trinajstić information content (AvgIpc) is 2.35. The minimum absolute atomic E-state index is 0.347. The second-order valence-electron chi connectivity index (χ2n) is 5.16. The van der Waals surface area contributed by atoms with Gasteiger partial charge in [-0.15, -0.1) is 0 Å². The van der Waals surface area contributed by atoms with Gasteiger partial charge in [-0.05, 0) is 38.0 Å². The molecule has 0 bridgehead atoms. The predicted molar refractivity (Wildman–Crippen MR) is 87.4 cm³/mol. The Kier molecular flexibility index (Phi) is 6.76. The largest absolute Gasteiger partial charge is 0.338 e. The quantitative estimate of drug-likeness (QED) is 0.742. The molecular weight excluding hydrogens is 304 g/mol. The van der Waals surface area contributed by atoms with Crippen LogP contribution in [0.15, 0.2) is 12.1 Å². The van der Waals surface area contributed by atoms with Gasteiger partial charge in [0.15, 0.2) is 0 Å². The Morgan fingerprint density at radius 1 is 1.32 bits per heavy atom. The number of anilines is 1. The molecule has 0 spiro atoms. The molecule has 0 atom stereocenters. The van der Waals surface area contributed by atoms with Crippen molar-refractivity contribution in [3.63, 3.8) is 0 Å². The van der Waals surface area contributed by atoms with Gasteiger partial charge in [-0.1, -0.05) is 6.92 Å². The number of hydrogen-bond acceptors (Lipinski definition) is 4. The van der Waals surface area contributed by atoms with E-state index in [2.05, 4.69) is 15.6 Å². The number of rotatable bonds is 7. The van der Waals surface area contributed by atoms with Gasteiger partial charge in [-0.3, -0.25) is 5.32 Å². The van der Waals surface area contributed by atoms with E-state index in [0.29, 0.717) is 31.9 Å². The number of carbonyl (C=O) groups is 1. The van der Waals surface area contributed by atoms with E-state index in [1.165, 1.54) is 10.6 Å². The number of nitrogens with zero attached hydrogens (tertiary/aromatic N) is 2. The molecule has 1 aromatic heterocycles. The molecule has 7 nitrogen and oxygen atoms in total. The molecule has 0 saturated carbocycles. The van der Waals surface area contributed by atoms with Crippen molar-refractivity contribution in [3.05, 3.63) is 23.4 Å². The van der Waals surface area contributed by atoms with Crippen LogP contribution in [-0.2, 0) is 10.0 Å². The first-order chi connectivity index (χ1) is 10.2. The average molecular weight is 328 g/mol. The van der Waals surface area contributed by atoms with Gasteiger partial charge in [-0.25, -0.2) is 22.5 Å². The van der Waals surface area contributed by atoms with E-state index in [-0.39, 0.29) is 6.03 Å². The molecule has 124 valence electrons. The molecule has 1 aromatic rings. The summed E-state index contributed by atoms with van der Waals surface area (Å²) >= 11 is 0. The van der Waals surface area contributed by atoms with Gasteiger partial charge in [0.25, 0.3) is 0 Å². The van der Waals surface area contributed by atoms with E-state index in [1.807, 2.05) is 19.9 Å². The van der Waals surface area contributed by atoms with Gasteiger partial charge in [0.05, 0.1) is 6.26 Å². The molecule has 2 amide bonds. The van der Waals surface area contributed by atoms with E-state index in [4.69, 9.17) is 0 Å². The fourth-order valence-corrected chi connectivity index (χ4v) is 3.01. The van der Waals surface area contributed by atoms with Crippen LogP contribution in [0.2, 0.25) is 0 Å². The highest BCUT2D eigenvalue weighted by Gasteiger charge is 2.13. The van der Waals surface area contributed by atoms with Crippen LogP contribution in [0.1, 0.15) is 24.6 Å². The number of hydrogen-bond donors (Lipinski definition) is 2. The zero-order chi connectivity index (χ0) is 16.8. The molecule has 0 aliphatic heterocycles. The molecule has 0 unspecified atom stereocenters. The molecule has 1 heterocycles. The van der Waals surface area contributed by atoms with E-state index >= 15 is 0 Å². The molecule has 0 radical (unpaired) electrons. The summed E-state index contributed by atoms with van der Waals surface area (Å²) in [4.78, 5) is 16.0. The standard InChI is InChI=1S/C14H24N4O3S/c1-5-18(22(4,20)21)8-6-7-15-14(19)17-13-10-11(2)9-12(3)16-13/h9-10H,5-8H2,1-4H3,(H2,15,16,17,19). The highest BCUT2D eigenvalue weighted by atomic mass is 32.2. The Hall–Kier alpha value is -1.67. The Morgan fingerprint density at radius 3 is 2.55 bits per heavy atom. The summed E-state index contributed by atoms with van der Waals surface area (Å²) in [6.07, 6.45) is 1.73. The number of pyridine rings is 1. The van der Waals surface area contributed by atoms with Crippen LogP contribution in [0.25, 0.3) is 0 Å². The molecule has 1 rings (SSSR count). The van der Waals surface area contributed by atoms with Gasteiger partial charge in [0.2, 0.25) is 10.0 Å². The fraction of sp³-hybridized carbons (Fsp3) is 0.571. The van der Waals surface area contributed by atoms with Crippen LogP contribution in [-0.4, -0.2) is 49.6 Å². The zero-order valence-corrected chi connectivity index (χ0v) is 14.3. The molecule has 0 aliphatic rings. The van der Waals surface area contributed by atoms with E-state index in [1.54, 1.807) is 13.0 Å². The van der Waals surface area contributed by atoms with Crippen LogP contribution in [0.3, 0.4) is 0 Å². The van der Waals surface area contributed by atoms with Gasteiger partial charge >= 0.3 is 6.03 Å². The second-order valence-corrected chi connectivity index (χ2v) is 7.14. The smallest absolute Gasteiger partial charge is 0.320 e. The summed E-state index contributed by atoms with van der Waals surface area (Å²) in [5.74, 6) is 0.501. The monoisotopic (exact) mass is 328 g/mol. The maximum Gasteiger partial charge on any atom is 0.320 e. The summed E-state index contributed by atoms with van der Waals surface area (Å²) in [7, 11) is -3.18. The summed E-state index contributed by atoms with van der Waals surface area (Å²) in [5.41, 5.74) is 1.86. The third kappa shape index (κ3) is 6.40. The van der Waals surface area contributed by atoms with Crippen LogP contribution >= 0.6 is 0 Å². The van der Waals surface area contributed by atoms with Crippen molar-refractivity contribution >= 4 is 21.9 Å². The van der Waals surface area contributed by atoms with E-state index in [0.717, 1.165) is 11.3 Å². The van der Waals surface area contributed by atoms with Crippen LogP contribution in [0, 0.1) is 13.8 Å². The van der Waals surface area contributed by atoms with E-state index < -0.39 is 10.0 Å². The lowest BCUT2D eigenvalue weighted by atomic mass is 10.2. The summed E-state index contributed by atoms with van der Waals surface area (Å²) in [6.45, 7) is 6.79. The SMILES string of the molecule is CCN(CCCNC(=O)Nc1cc(C)cc(C)n1)S(C)(=O)=O. The Bertz CT molecular complexity index is 596. The molecule has 2 N–H and O–H groups in total. The zero-order valence-electron chi connectivity index (χ0n) is 13.5. The molecule has 0 aromatic carbocycles. The third-order valence-corrected chi connectivity index (χ3v) is 4.41. The lowest BCUT2D eigenvalue weighted by Crippen LogP contribution is -2.35. The Labute approximate surface area is 132 Å². The number of urea groups is 1. The number of carbonyl (C=O) groups excluding carboxylic acids is 1. The Morgan fingerprint density at radius 2 is 2.00 bits per heavy atom. The third-order valence-electron chi connectivity index (χ3n) is 3.03. The molecule has 22 heavy (non-hydrogen) atoms. The number of amides is 2. The van der Waals surface area contributed by atoms with Gasteiger partial charge in [0.1, 0.15) is 5.82 Å². The maximum absolute atomic E-state index is 11.8. The molecular formula is C14H24N4O3S. The molecule has 0 aliphatic carbocycles. The number of aryl methyl sites for hydroxylation is 2. The van der Waals surface area contributed by atoms with Crippen molar-refractivity contribution in [2.45, 2.75) is 27.2 Å². The predicted octanol–water partition coefficient (Wildman–Crippen LogP) is 1.49. The lowest BCUT2D eigenvalue weighted by Gasteiger charge is -2.17. The Balaban J connectivity index is 2.38. The minimum atomic E-state index is -3.18. The summed E-state index contributed by atoms with van der Waals surface area (Å²) < 4.78 is 24.2. The van der Waals surface area contributed by atoms with Gasteiger partial charge in [0, 0.05) is 25.3 Å². The van der Waals surface area contributed by atoms with Crippen LogP contribution < -0.4 is 10.6 Å². The van der Waals surface area contributed by atoms with Crippen molar-refractivity contribution in [2.24, 2.45) is 0 Å². The first-order valence-electron chi connectivity index (χ1n) is 7.17. The number of sulfonamides is 1. The van der Waals surface area contributed by atoms with Crippen molar-refractivity contribution < 1.29 is 13.2 Å². The van der Waals surface area contributed by atoms with Crippen LogP contribution in [0.5, 0.6) is 0 Å². The number of nitrogens with one attached hydrogen (secondary N) is 2. The number of aromatic nitrogens is 1.